The molecule has 2 rings (SSSR count). The van der Waals surface area contributed by atoms with Crippen LogP contribution in [-0.4, -0.2) is 22.4 Å². The molecule has 2 amide bonds. The van der Waals surface area contributed by atoms with Crippen molar-refractivity contribution in [3.05, 3.63) is 55.7 Å². The molecule has 0 radical (unpaired) electrons. The van der Waals surface area contributed by atoms with Crippen molar-refractivity contribution in [1.82, 2.24) is 10.4 Å². The van der Waals surface area contributed by atoms with Gasteiger partial charge in [0.1, 0.15) is 4.34 Å². The molecule has 7 heteroatoms. The van der Waals surface area contributed by atoms with Gasteiger partial charge in [0.05, 0.1) is 9.90 Å². The molecule has 0 spiro atoms. The molecule has 24 heavy (non-hydrogen) atoms. The lowest BCUT2D eigenvalue weighted by Crippen LogP contribution is -2.54. The van der Waals surface area contributed by atoms with Crippen molar-refractivity contribution in [2.24, 2.45) is 0 Å². The van der Waals surface area contributed by atoms with Gasteiger partial charge in [-0.1, -0.05) is 40.9 Å². The van der Waals surface area contributed by atoms with E-state index in [9.17, 15) is 9.59 Å². The fraction of sp³-hybridized carbons (Fsp3) is 0.294. The Morgan fingerprint density at radius 2 is 1.67 bits per heavy atom. The Hall–Kier alpha value is -1.40. The third kappa shape index (κ3) is 4.57. The molecule has 4 nitrogen and oxygen atoms in total. The van der Waals surface area contributed by atoms with Gasteiger partial charge in [0.15, 0.2) is 0 Å². The highest BCUT2D eigenvalue weighted by Gasteiger charge is 2.30. The topological polar surface area (TPSA) is 49.4 Å². The second kappa shape index (κ2) is 7.23. The number of rotatable bonds is 3. The Labute approximate surface area is 155 Å². The molecule has 0 bridgehead atoms. The lowest BCUT2D eigenvalue weighted by molar-refractivity contribution is 0.0452. The molecular weight excluding hydrogens is 367 g/mol. The summed E-state index contributed by atoms with van der Waals surface area (Å²) in [5.41, 5.74) is 4.08. The first kappa shape index (κ1) is 18.9. The van der Waals surface area contributed by atoms with E-state index in [0.717, 1.165) is 21.9 Å². The van der Waals surface area contributed by atoms with E-state index >= 15 is 0 Å². The van der Waals surface area contributed by atoms with Crippen molar-refractivity contribution in [3.8, 4) is 0 Å². The Morgan fingerprint density at radius 3 is 2.12 bits per heavy atom. The quantitative estimate of drug-likeness (QED) is 0.601. The number of carbonyl (C=O) groups is 2. The first-order valence-corrected chi connectivity index (χ1v) is 8.84. The molecule has 128 valence electrons. The molecular formula is C17H18Cl2N2O2S. The molecule has 2 aromatic rings. The zero-order chi connectivity index (χ0) is 18.1. The number of thiophene rings is 1. The second-order valence-electron chi connectivity index (χ2n) is 6.41. The van der Waals surface area contributed by atoms with E-state index < -0.39 is 17.4 Å². The van der Waals surface area contributed by atoms with Crippen molar-refractivity contribution in [3.63, 3.8) is 0 Å². The molecule has 0 saturated heterocycles. The average Bonchev–Trinajstić information content (AvgIpc) is 2.82. The van der Waals surface area contributed by atoms with Gasteiger partial charge in [-0.15, -0.1) is 11.3 Å². The summed E-state index contributed by atoms with van der Waals surface area (Å²) >= 11 is 13.1. The molecule has 0 aliphatic rings. The fourth-order valence-electron chi connectivity index (χ4n) is 1.96. The number of benzene rings is 1. The summed E-state index contributed by atoms with van der Waals surface area (Å²) in [5.74, 6) is -0.989. The van der Waals surface area contributed by atoms with Crippen LogP contribution in [-0.2, 0) is 0 Å². The van der Waals surface area contributed by atoms with Crippen LogP contribution in [0.15, 0.2) is 30.3 Å². The van der Waals surface area contributed by atoms with Gasteiger partial charge in [0, 0.05) is 11.1 Å². The van der Waals surface area contributed by atoms with Crippen LogP contribution in [0.3, 0.4) is 0 Å². The zero-order valence-corrected chi connectivity index (χ0v) is 16.1. The highest BCUT2D eigenvalue weighted by molar-refractivity contribution is 7.20. The molecule has 1 aromatic heterocycles. The van der Waals surface area contributed by atoms with Crippen LogP contribution in [0.5, 0.6) is 0 Å². The van der Waals surface area contributed by atoms with Crippen LogP contribution in [0.25, 0.3) is 0 Å². The van der Waals surface area contributed by atoms with Crippen molar-refractivity contribution in [2.75, 3.05) is 0 Å². The Kier molecular flexibility index (Phi) is 5.71. The minimum Gasteiger partial charge on any atom is -0.267 e. The summed E-state index contributed by atoms with van der Waals surface area (Å²) in [4.78, 5) is 25.7. The largest absolute Gasteiger partial charge is 0.277 e. The number of carbonyl (C=O) groups excluding carboxylic acids is 2. The average molecular weight is 385 g/mol. The van der Waals surface area contributed by atoms with Crippen LogP contribution < -0.4 is 5.43 Å². The summed E-state index contributed by atoms with van der Waals surface area (Å²) in [7, 11) is 0. The lowest BCUT2D eigenvalue weighted by atomic mass is 10.1. The maximum Gasteiger partial charge on any atom is 0.277 e. The molecule has 1 N–H and O–H groups in total. The number of amides is 2. The van der Waals surface area contributed by atoms with Crippen molar-refractivity contribution in [2.45, 2.75) is 33.2 Å². The second-order valence-corrected chi connectivity index (χ2v) is 8.70. The van der Waals surface area contributed by atoms with Crippen molar-refractivity contribution >= 4 is 46.4 Å². The summed E-state index contributed by atoms with van der Waals surface area (Å²) < 4.78 is 0.643. The monoisotopic (exact) mass is 384 g/mol. The number of aryl methyl sites for hydroxylation is 1. The van der Waals surface area contributed by atoms with E-state index in [1.807, 2.05) is 39.8 Å². The number of halogens is 2. The molecule has 0 aliphatic heterocycles. The van der Waals surface area contributed by atoms with Crippen LogP contribution in [0.4, 0.5) is 0 Å². The molecule has 0 unspecified atom stereocenters. The van der Waals surface area contributed by atoms with Crippen LogP contribution in [0.1, 0.15) is 47.1 Å². The van der Waals surface area contributed by atoms with Crippen molar-refractivity contribution < 1.29 is 9.59 Å². The van der Waals surface area contributed by atoms with E-state index in [4.69, 9.17) is 23.2 Å². The van der Waals surface area contributed by atoms with Crippen LogP contribution >= 0.6 is 34.5 Å². The van der Waals surface area contributed by atoms with E-state index in [2.05, 4.69) is 5.43 Å². The maximum absolute atomic E-state index is 12.8. The summed E-state index contributed by atoms with van der Waals surface area (Å²) in [6.45, 7) is 7.51. The summed E-state index contributed by atoms with van der Waals surface area (Å²) in [6, 6.07) is 8.48. The maximum atomic E-state index is 12.8. The van der Waals surface area contributed by atoms with Gasteiger partial charge in [0.25, 0.3) is 11.8 Å². The van der Waals surface area contributed by atoms with E-state index in [1.54, 1.807) is 12.1 Å². The Bertz CT molecular complexity index is 764. The van der Waals surface area contributed by atoms with E-state index in [0.29, 0.717) is 9.90 Å². The highest BCUT2D eigenvalue weighted by atomic mass is 35.5. The van der Waals surface area contributed by atoms with E-state index in [-0.39, 0.29) is 9.90 Å². The van der Waals surface area contributed by atoms with Gasteiger partial charge in [-0.3, -0.25) is 9.59 Å². The molecule has 0 atom stereocenters. The number of hydrogen-bond acceptors (Lipinski definition) is 4. The highest BCUT2D eigenvalue weighted by Crippen LogP contribution is 2.32. The van der Waals surface area contributed by atoms with E-state index in [1.165, 1.54) is 6.07 Å². The molecule has 0 saturated carbocycles. The Morgan fingerprint density at radius 1 is 1.08 bits per heavy atom. The molecule has 1 heterocycles. The number of imide groups is 1. The first-order chi connectivity index (χ1) is 11.1. The zero-order valence-electron chi connectivity index (χ0n) is 13.8. The molecule has 0 fully saturated rings. The van der Waals surface area contributed by atoms with Gasteiger partial charge in [-0.25, -0.2) is 10.4 Å². The van der Waals surface area contributed by atoms with Gasteiger partial charge < -0.3 is 0 Å². The third-order valence-corrected chi connectivity index (χ3v) is 4.53. The number of nitrogens with one attached hydrogen (secondary N) is 1. The number of hydrazine groups is 1. The summed E-state index contributed by atoms with van der Waals surface area (Å²) in [6.07, 6.45) is 0. The minimum absolute atomic E-state index is 0.198. The number of nitrogens with zero attached hydrogens (tertiary/aromatic N) is 1. The predicted octanol–water partition coefficient (Wildman–Crippen LogP) is 4.95. The standard InChI is InChI=1S/C17H18Cl2N2O2S/c1-10-5-7-11(8-6-10)15(22)21(20-17(2,3)4)16(23)12-9-13(18)24-14(12)19/h5-9,20H,1-4H3. The normalized spacial score (nSPS) is 11.4. The SMILES string of the molecule is Cc1ccc(C(=O)N(NC(C)(C)C)C(=O)c2cc(Cl)sc2Cl)cc1. The first-order valence-electron chi connectivity index (χ1n) is 7.26. The predicted molar refractivity (Wildman–Crippen MR) is 98.9 cm³/mol. The number of hydrogen-bond donors (Lipinski definition) is 1. The van der Waals surface area contributed by atoms with Gasteiger partial charge in [-0.05, 0) is 45.9 Å². The molecule has 1 aromatic carbocycles. The molecule has 0 aliphatic carbocycles. The van der Waals surface area contributed by atoms with Gasteiger partial charge in [0.2, 0.25) is 0 Å². The lowest BCUT2D eigenvalue weighted by Gasteiger charge is -2.30. The van der Waals surface area contributed by atoms with Crippen LogP contribution in [0.2, 0.25) is 8.67 Å². The smallest absolute Gasteiger partial charge is 0.267 e. The summed E-state index contributed by atoms with van der Waals surface area (Å²) in [5, 5.41) is 0.995. The van der Waals surface area contributed by atoms with Gasteiger partial charge in [-0.2, -0.15) is 0 Å². The third-order valence-electron chi connectivity index (χ3n) is 3.04. The Balaban J connectivity index is 2.40. The fourth-order valence-corrected chi connectivity index (χ4v) is 3.41. The van der Waals surface area contributed by atoms with Crippen molar-refractivity contribution in [1.29, 1.82) is 0 Å². The minimum atomic E-state index is -0.538. The van der Waals surface area contributed by atoms with Gasteiger partial charge >= 0.3 is 0 Å². The van der Waals surface area contributed by atoms with Crippen LogP contribution in [0, 0.1) is 6.92 Å².